The van der Waals surface area contributed by atoms with Gasteiger partial charge in [-0.15, -0.1) is 10.2 Å². The highest BCUT2D eigenvalue weighted by Crippen LogP contribution is 2.40. The summed E-state index contributed by atoms with van der Waals surface area (Å²) in [6.45, 7) is 1.83. The van der Waals surface area contributed by atoms with Crippen LogP contribution in [0, 0.1) is 6.92 Å². The van der Waals surface area contributed by atoms with Gasteiger partial charge in [-0.25, -0.2) is 0 Å². The van der Waals surface area contributed by atoms with E-state index in [1.807, 2.05) is 6.92 Å². The number of hydrogen-bond acceptors (Lipinski definition) is 9. The number of hydrogen-bond donors (Lipinski definition) is 6. The number of phenols is 2. The molecule has 12 heteroatoms. The van der Waals surface area contributed by atoms with Crippen LogP contribution in [0.25, 0.3) is 10.8 Å². The maximum absolute atomic E-state index is 11.5. The van der Waals surface area contributed by atoms with E-state index in [9.17, 15) is 23.2 Å². The van der Waals surface area contributed by atoms with Gasteiger partial charge in [-0.3, -0.25) is 4.55 Å². The molecule has 3 aromatic rings. The van der Waals surface area contributed by atoms with Gasteiger partial charge < -0.3 is 25.3 Å². The fourth-order valence-electron chi connectivity index (χ4n) is 2.45. The molecular weight excluding hydrogens is 403 g/mol. The average Bonchev–Trinajstić information content (AvgIpc) is 2.61. The minimum atomic E-state index is -4.52. The summed E-state index contributed by atoms with van der Waals surface area (Å²) < 4.78 is 32.4. The molecule has 152 valence electrons. The lowest BCUT2D eigenvalue weighted by molar-refractivity contribution is 0.278. The Morgan fingerprint density at radius 2 is 1.45 bits per heavy atom. The number of aryl methyl sites for hydroxylation is 1. The molecule has 0 heterocycles. The maximum Gasteiger partial charge on any atom is 0.631 e. The van der Waals surface area contributed by atoms with Crippen LogP contribution < -0.4 is 0 Å². The monoisotopic (exact) mass is 420 g/mol. The minimum Gasteiger partial charge on any atom is -0.506 e. The van der Waals surface area contributed by atoms with Crippen molar-refractivity contribution in [1.29, 1.82) is 0 Å². The highest BCUT2D eigenvalue weighted by atomic mass is 32.2. The van der Waals surface area contributed by atoms with E-state index in [2.05, 4.69) is 10.2 Å². The van der Waals surface area contributed by atoms with Crippen molar-refractivity contribution in [2.45, 2.75) is 11.8 Å². The highest BCUT2D eigenvalue weighted by molar-refractivity contribution is 7.86. The predicted octanol–water partition coefficient (Wildman–Crippen LogP) is 2.17. The van der Waals surface area contributed by atoms with Crippen LogP contribution in [-0.2, 0) is 10.1 Å². The van der Waals surface area contributed by atoms with Gasteiger partial charge in [-0.1, -0.05) is 30.3 Å². The van der Waals surface area contributed by atoms with Gasteiger partial charge in [0.25, 0.3) is 10.1 Å². The molecule has 0 saturated heterocycles. The van der Waals surface area contributed by atoms with Crippen LogP contribution in [-0.4, -0.2) is 45.6 Å². The number of nitrogens with zero attached hydrogens (tertiary/aromatic N) is 2. The standard InChI is InChI=1S/C17H14N2O5S.BH3O3/c1-10-6-7-14(20)13(8-10)18-19-17-12-5-3-2-4-11(12)16(9-15(17)21)25(22,23)24;2-1(3)4/h2-9,20-21H,1H3,(H,22,23,24);2-4H. The Bertz CT molecular complexity index is 1160. The summed E-state index contributed by atoms with van der Waals surface area (Å²) in [4.78, 5) is -0.419. The Balaban J connectivity index is 0.000000687. The first-order valence-electron chi connectivity index (χ1n) is 7.98. The molecule has 10 nitrogen and oxygen atoms in total. The zero-order valence-electron chi connectivity index (χ0n) is 15.0. The van der Waals surface area contributed by atoms with E-state index >= 15 is 0 Å². The molecule has 29 heavy (non-hydrogen) atoms. The lowest BCUT2D eigenvalue weighted by Gasteiger charge is -2.08. The van der Waals surface area contributed by atoms with E-state index in [1.165, 1.54) is 12.1 Å². The van der Waals surface area contributed by atoms with Gasteiger partial charge in [0.05, 0.1) is 0 Å². The van der Waals surface area contributed by atoms with E-state index in [0.717, 1.165) is 11.6 Å². The topological polar surface area (TPSA) is 180 Å². The molecule has 0 saturated carbocycles. The molecule has 0 spiro atoms. The Kier molecular flexibility index (Phi) is 6.90. The Morgan fingerprint density at radius 1 is 0.862 bits per heavy atom. The molecule has 0 aliphatic heterocycles. The first-order chi connectivity index (χ1) is 13.5. The van der Waals surface area contributed by atoms with Crippen molar-refractivity contribution in [2.24, 2.45) is 10.2 Å². The van der Waals surface area contributed by atoms with Gasteiger partial charge in [0.1, 0.15) is 27.8 Å². The Morgan fingerprint density at radius 3 is 2.03 bits per heavy atom. The molecule has 0 aliphatic carbocycles. The normalized spacial score (nSPS) is 11.3. The fourth-order valence-corrected chi connectivity index (χ4v) is 3.17. The summed E-state index contributed by atoms with van der Waals surface area (Å²) in [6.07, 6.45) is 0. The third-order valence-electron chi connectivity index (χ3n) is 3.62. The van der Waals surface area contributed by atoms with Crippen molar-refractivity contribution in [3.05, 3.63) is 54.1 Å². The largest absolute Gasteiger partial charge is 0.631 e. The van der Waals surface area contributed by atoms with Crippen molar-refractivity contribution in [2.75, 3.05) is 0 Å². The molecule has 0 unspecified atom stereocenters. The van der Waals surface area contributed by atoms with Crippen molar-refractivity contribution in [3.8, 4) is 11.5 Å². The van der Waals surface area contributed by atoms with Gasteiger partial charge in [0.15, 0.2) is 0 Å². The lowest BCUT2D eigenvalue weighted by atomic mass is 10.1. The summed E-state index contributed by atoms with van der Waals surface area (Å²) in [5.74, 6) is -0.532. The van der Waals surface area contributed by atoms with Crippen LogP contribution in [0.3, 0.4) is 0 Å². The number of aromatic hydroxyl groups is 2. The summed E-state index contributed by atoms with van der Waals surface area (Å²) in [6, 6.07) is 12.0. The first kappa shape index (κ1) is 22.3. The second kappa shape index (κ2) is 8.98. The molecule has 0 fully saturated rings. The molecule has 0 bridgehead atoms. The third kappa shape index (κ3) is 5.73. The van der Waals surface area contributed by atoms with Crippen LogP contribution in [0.5, 0.6) is 11.5 Å². The zero-order valence-corrected chi connectivity index (χ0v) is 15.8. The number of rotatable bonds is 3. The fraction of sp³-hybridized carbons (Fsp3) is 0.0588. The SMILES string of the molecule is Cc1ccc(O)c(N=Nc2c(O)cc(S(=O)(=O)O)c3ccccc23)c1.OB(O)O. The Labute approximate surface area is 166 Å². The molecule has 0 aliphatic rings. The van der Waals surface area contributed by atoms with Crippen LogP contribution in [0.1, 0.15) is 5.56 Å². The van der Waals surface area contributed by atoms with Gasteiger partial charge >= 0.3 is 7.32 Å². The van der Waals surface area contributed by atoms with Crippen molar-refractivity contribution >= 4 is 39.6 Å². The predicted molar refractivity (Wildman–Crippen MR) is 105 cm³/mol. The van der Waals surface area contributed by atoms with Crippen LogP contribution in [0.15, 0.2) is 63.7 Å². The summed E-state index contributed by atoms with van der Waals surface area (Å²) in [5, 5.41) is 49.9. The van der Waals surface area contributed by atoms with Gasteiger partial charge in [0, 0.05) is 16.8 Å². The summed E-state index contributed by atoms with van der Waals surface area (Å²) in [5.41, 5.74) is 1.11. The maximum atomic E-state index is 11.5. The van der Waals surface area contributed by atoms with Crippen LogP contribution >= 0.6 is 0 Å². The number of fused-ring (bicyclic) bond motifs is 1. The minimum absolute atomic E-state index is 0.0314. The molecule has 6 N–H and O–H groups in total. The second-order valence-corrected chi connectivity index (χ2v) is 7.19. The molecule has 0 aromatic heterocycles. The second-order valence-electron chi connectivity index (χ2n) is 5.80. The quantitative estimate of drug-likeness (QED) is 0.212. The van der Waals surface area contributed by atoms with Crippen LogP contribution in [0.2, 0.25) is 0 Å². The van der Waals surface area contributed by atoms with Crippen LogP contribution in [0.4, 0.5) is 11.4 Å². The third-order valence-corrected chi connectivity index (χ3v) is 4.52. The summed E-state index contributed by atoms with van der Waals surface area (Å²) >= 11 is 0. The van der Waals surface area contributed by atoms with E-state index in [0.29, 0.717) is 5.39 Å². The molecule has 0 atom stereocenters. The molecule has 0 radical (unpaired) electrons. The highest BCUT2D eigenvalue weighted by Gasteiger charge is 2.19. The number of phenolic OH excluding ortho intramolecular Hbond substituents is 2. The molecular formula is C17H17BN2O8S. The number of benzene rings is 3. The van der Waals surface area contributed by atoms with E-state index in [1.54, 1.807) is 30.3 Å². The molecule has 3 rings (SSSR count). The van der Waals surface area contributed by atoms with E-state index in [4.69, 9.17) is 15.1 Å². The number of azo groups is 1. The van der Waals surface area contributed by atoms with Gasteiger partial charge in [0.2, 0.25) is 0 Å². The van der Waals surface area contributed by atoms with Gasteiger partial charge in [-0.2, -0.15) is 8.42 Å². The summed E-state index contributed by atoms with van der Waals surface area (Å²) in [7, 11) is -6.69. The Hall–Kier alpha value is -3.03. The first-order valence-corrected chi connectivity index (χ1v) is 9.42. The smallest absolute Gasteiger partial charge is 0.506 e. The van der Waals surface area contributed by atoms with E-state index < -0.39 is 28.1 Å². The van der Waals surface area contributed by atoms with Crippen molar-refractivity contribution < 1.29 is 38.3 Å². The van der Waals surface area contributed by atoms with E-state index in [-0.39, 0.29) is 22.5 Å². The molecule has 3 aromatic carbocycles. The molecule has 0 amide bonds. The van der Waals surface area contributed by atoms with Gasteiger partial charge in [-0.05, 0) is 24.6 Å². The average molecular weight is 420 g/mol. The van der Waals surface area contributed by atoms with Crippen molar-refractivity contribution in [1.82, 2.24) is 0 Å². The lowest BCUT2D eigenvalue weighted by Crippen LogP contribution is -2.07. The zero-order chi connectivity index (χ0) is 21.8. The van der Waals surface area contributed by atoms with Crippen molar-refractivity contribution in [3.63, 3.8) is 0 Å².